The van der Waals surface area contributed by atoms with Crippen LogP contribution >= 0.6 is 0 Å². The molecular weight excluding hydrogens is 180 g/mol. The molecule has 0 saturated heterocycles. The summed E-state index contributed by atoms with van der Waals surface area (Å²) in [7, 11) is 1.34. The number of nitrogens with one attached hydrogen (secondary N) is 1. The van der Waals surface area contributed by atoms with Crippen molar-refractivity contribution in [2.24, 2.45) is 0 Å². The minimum absolute atomic E-state index is 0.248. The first-order chi connectivity index (χ1) is 6.77. The normalized spacial score (nSPS) is 8.86. The minimum atomic E-state index is -0.364. The molecule has 0 bridgehead atoms. The molecule has 0 saturated carbocycles. The van der Waals surface area contributed by atoms with Crippen LogP contribution in [-0.4, -0.2) is 19.6 Å². The summed E-state index contributed by atoms with van der Waals surface area (Å²) in [5, 5.41) is 11.2. The number of nitriles is 1. The Bertz CT molecular complexity index is 351. The number of anilines is 1. The zero-order valence-electron chi connectivity index (χ0n) is 7.78. The fraction of sp³-hybridized carbons (Fsp3) is 0.200. The van der Waals surface area contributed by atoms with E-state index in [2.05, 4.69) is 10.1 Å². The zero-order chi connectivity index (χ0) is 10.4. The van der Waals surface area contributed by atoms with Gasteiger partial charge in [0.05, 0.1) is 18.7 Å². The molecule has 72 valence electrons. The predicted molar refractivity (Wildman–Crippen MR) is 51.9 cm³/mol. The highest BCUT2D eigenvalue weighted by molar-refractivity contribution is 5.89. The van der Waals surface area contributed by atoms with Crippen LogP contribution < -0.4 is 5.32 Å². The van der Waals surface area contributed by atoms with Crippen molar-refractivity contribution in [2.45, 2.75) is 0 Å². The van der Waals surface area contributed by atoms with Gasteiger partial charge in [0.25, 0.3) is 0 Å². The van der Waals surface area contributed by atoms with E-state index in [9.17, 15) is 4.79 Å². The standard InChI is InChI=1S/C10H10N2O2/c1-14-10(13)8-2-4-9(5-3-8)12-7-6-11/h2-5,12H,7H2,1H3. The second-order valence-electron chi connectivity index (χ2n) is 2.58. The molecule has 1 N–H and O–H groups in total. The molecule has 1 aromatic carbocycles. The summed E-state index contributed by atoms with van der Waals surface area (Å²) in [6.45, 7) is 0.248. The van der Waals surface area contributed by atoms with Gasteiger partial charge in [-0.1, -0.05) is 0 Å². The lowest BCUT2D eigenvalue weighted by atomic mass is 10.2. The number of ether oxygens (including phenoxy) is 1. The van der Waals surface area contributed by atoms with Gasteiger partial charge < -0.3 is 10.1 Å². The fourth-order valence-corrected chi connectivity index (χ4v) is 0.984. The van der Waals surface area contributed by atoms with Crippen LogP contribution in [0.15, 0.2) is 24.3 Å². The summed E-state index contributed by atoms with van der Waals surface area (Å²) < 4.78 is 4.55. The van der Waals surface area contributed by atoms with E-state index in [-0.39, 0.29) is 12.5 Å². The highest BCUT2D eigenvalue weighted by Crippen LogP contribution is 2.09. The van der Waals surface area contributed by atoms with Gasteiger partial charge in [-0.05, 0) is 24.3 Å². The SMILES string of the molecule is COC(=O)c1ccc(NCC#N)cc1. The Balaban J connectivity index is 2.69. The largest absolute Gasteiger partial charge is 0.465 e. The summed E-state index contributed by atoms with van der Waals surface area (Å²) in [4.78, 5) is 11.0. The van der Waals surface area contributed by atoms with Crippen LogP contribution in [0.25, 0.3) is 0 Å². The van der Waals surface area contributed by atoms with Crippen molar-refractivity contribution in [1.82, 2.24) is 0 Å². The highest BCUT2D eigenvalue weighted by atomic mass is 16.5. The van der Waals surface area contributed by atoms with Crippen LogP contribution in [-0.2, 0) is 4.74 Å². The van der Waals surface area contributed by atoms with E-state index in [4.69, 9.17) is 5.26 Å². The van der Waals surface area contributed by atoms with E-state index in [1.54, 1.807) is 24.3 Å². The predicted octanol–water partition coefficient (Wildman–Crippen LogP) is 1.41. The summed E-state index contributed by atoms with van der Waals surface area (Å²) in [6.07, 6.45) is 0. The van der Waals surface area contributed by atoms with Crippen LogP contribution in [0.3, 0.4) is 0 Å². The van der Waals surface area contributed by atoms with Crippen molar-refractivity contribution in [2.75, 3.05) is 19.0 Å². The Morgan fingerprint density at radius 3 is 2.64 bits per heavy atom. The van der Waals surface area contributed by atoms with Crippen LogP contribution in [0.1, 0.15) is 10.4 Å². The number of benzene rings is 1. The van der Waals surface area contributed by atoms with Gasteiger partial charge in [-0.3, -0.25) is 0 Å². The maximum Gasteiger partial charge on any atom is 0.337 e. The number of carbonyl (C=O) groups is 1. The van der Waals surface area contributed by atoms with Crippen LogP contribution in [0.5, 0.6) is 0 Å². The molecule has 1 rings (SSSR count). The molecule has 0 spiro atoms. The van der Waals surface area contributed by atoms with Crippen LogP contribution in [0.2, 0.25) is 0 Å². The third-order valence-corrected chi connectivity index (χ3v) is 1.68. The van der Waals surface area contributed by atoms with Gasteiger partial charge in [-0.15, -0.1) is 0 Å². The highest BCUT2D eigenvalue weighted by Gasteiger charge is 2.03. The number of esters is 1. The maximum atomic E-state index is 11.0. The summed E-state index contributed by atoms with van der Waals surface area (Å²) in [5.41, 5.74) is 1.30. The van der Waals surface area contributed by atoms with Crippen molar-refractivity contribution in [3.8, 4) is 6.07 Å². The van der Waals surface area contributed by atoms with Crippen molar-refractivity contribution >= 4 is 11.7 Å². The van der Waals surface area contributed by atoms with Gasteiger partial charge in [0.2, 0.25) is 0 Å². The Kier molecular flexibility index (Phi) is 3.50. The molecule has 0 radical (unpaired) electrons. The van der Waals surface area contributed by atoms with E-state index < -0.39 is 0 Å². The first-order valence-electron chi connectivity index (χ1n) is 4.07. The van der Waals surface area contributed by atoms with Crippen molar-refractivity contribution in [3.05, 3.63) is 29.8 Å². The molecule has 0 atom stereocenters. The van der Waals surface area contributed by atoms with Gasteiger partial charge in [0, 0.05) is 5.69 Å². The van der Waals surface area contributed by atoms with Gasteiger partial charge >= 0.3 is 5.97 Å². The monoisotopic (exact) mass is 190 g/mol. The average Bonchev–Trinajstić information content (AvgIpc) is 2.26. The van der Waals surface area contributed by atoms with E-state index in [0.29, 0.717) is 5.56 Å². The molecule has 0 amide bonds. The molecule has 4 heteroatoms. The first kappa shape index (κ1) is 10.1. The minimum Gasteiger partial charge on any atom is -0.465 e. The van der Waals surface area contributed by atoms with E-state index in [1.165, 1.54) is 7.11 Å². The Labute approximate surface area is 82.1 Å². The molecule has 0 unspecified atom stereocenters. The van der Waals surface area contributed by atoms with Gasteiger partial charge in [-0.2, -0.15) is 5.26 Å². The lowest BCUT2D eigenvalue weighted by Crippen LogP contribution is -2.02. The van der Waals surface area contributed by atoms with Gasteiger partial charge in [-0.25, -0.2) is 4.79 Å². The maximum absolute atomic E-state index is 11.0. The summed E-state index contributed by atoms with van der Waals surface area (Å²) in [5.74, 6) is -0.364. The molecule has 0 aliphatic heterocycles. The van der Waals surface area contributed by atoms with E-state index in [0.717, 1.165) is 5.69 Å². The third-order valence-electron chi connectivity index (χ3n) is 1.68. The molecular formula is C10H10N2O2. The van der Waals surface area contributed by atoms with Crippen LogP contribution in [0, 0.1) is 11.3 Å². The molecule has 0 heterocycles. The van der Waals surface area contributed by atoms with Gasteiger partial charge in [0.15, 0.2) is 0 Å². The molecule has 14 heavy (non-hydrogen) atoms. The number of methoxy groups -OCH3 is 1. The second-order valence-corrected chi connectivity index (χ2v) is 2.58. The number of hydrogen-bond donors (Lipinski definition) is 1. The number of nitrogens with zero attached hydrogens (tertiary/aromatic N) is 1. The first-order valence-corrected chi connectivity index (χ1v) is 4.07. The summed E-state index contributed by atoms with van der Waals surface area (Å²) in [6, 6.07) is 8.70. The average molecular weight is 190 g/mol. The van der Waals surface area contributed by atoms with E-state index >= 15 is 0 Å². The van der Waals surface area contributed by atoms with Crippen molar-refractivity contribution in [1.29, 1.82) is 5.26 Å². The molecule has 0 aromatic heterocycles. The summed E-state index contributed by atoms with van der Waals surface area (Å²) >= 11 is 0. The molecule has 1 aromatic rings. The Morgan fingerprint density at radius 1 is 1.50 bits per heavy atom. The number of rotatable bonds is 3. The third kappa shape index (κ3) is 2.49. The number of carbonyl (C=O) groups excluding carboxylic acids is 1. The van der Waals surface area contributed by atoms with Crippen LogP contribution in [0.4, 0.5) is 5.69 Å². The smallest absolute Gasteiger partial charge is 0.337 e. The number of hydrogen-bond acceptors (Lipinski definition) is 4. The zero-order valence-corrected chi connectivity index (χ0v) is 7.78. The molecule has 0 fully saturated rings. The molecule has 0 aliphatic carbocycles. The van der Waals surface area contributed by atoms with Crippen molar-refractivity contribution < 1.29 is 9.53 Å². The van der Waals surface area contributed by atoms with E-state index in [1.807, 2.05) is 6.07 Å². The quantitative estimate of drug-likeness (QED) is 0.578. The lowest BCUT2D eigenvalue weighted by Gasteiger charge is -2.02. The molecule has 0 aliphatic rings. The molecule has 4 nitrogen and oxygen atoms in total. The Morgan fingerprint density at radius 2 is 2.14 bits per heavy atom. The lowest BCUT2D eigenvalue weighted by molar-refractivity contribution is 0.0601. The Hall–Kier alpha value is -2.02. The van der Waals surface area contributed by atoms with Gasteiger partial charge in [0.1, 0.15) is 6.54 Å². The second kappa shape index (κ2) is 4.87. The topological polar surface area (TPSA) is 62.1 Å². The van der Waals surface area contributed by atoms with Crippen molar-refractivity contribution in [3.63, 3.8) is 0 Å². The fourth-order valence-electron chi connectivity index (χ4n) is 0.984.